The predicted octanol–water partition coefficient (Wildman–Crippen LogP) is 3.48. The van der Waals surface area contributed by atoms with Gasteiger partial charge >= 0.3 is 0 Å². The lowest BCUT2D eigenvalue weighted by molar-refractivity contribution is 0.254. The molecule has 0 saturated heterocycles. The van der Waals surface area contributed by atoms with Crippen molar-refractivity contribution < 1.29 is 13.5 Å². The normalized spacial score (nSPS) is 10.6. The molecule has 0 spiro atoms. The average molecular weight is 314 g/mol. The van der Waals surface area contributed by atoms with Crippen molar-refractivity contribution in [3.63, 3.8) is 0 Å². The minimum atomic E-state index is -0.397. The summed E-state index contributed by atoms with van der Waals surface area (Å²) in [6.07, 6.45) is 0. The first-order valence-electron chi connectivity index (χ1n) is 5.49. The van der Waals surface area contributed by atoms with Gasteiger partial charge in [0.05, 0.1) is 6.54 Å². The molecule has 0 bridgehead atoms. The molecule has 1 heterocycles. The van der Waals surface area contributed by atoms with Gasteiger partial charge in [0, 0.05) is 4.47 Å². The van der Waals surface area contributed by atoms with E-state index in [-0.39, 0.29) is 12.4 Å². The first-order valence-corrected chi connectivity index (χ1v) is 6.28. The monoisotopic (exact) mass is 313 g/mol. The second kappa shape index (κ2) is 6.02. The van der Waals surface area contributed by atoms with Crippen LogP contribution >= 0.6 is 15.9 Å². The van der Waals surface area contributed by atoms with Crippen molar-refractivity contribution in [1.29, 1.82) is 0 Å². The highest BCUT2D eigenvalue weighted by molar-refractivity contribution is 9.10. The van der Waals surface area contributed by atoms with Crippen LogP contribution in [0.1, 0.15) is 11.5 Å². The zero-order valence-corrected chi connectivity index (χ0v) is 11.5. The van der Waals surface area contributed by atoms with Crippen LogP contribution in [0, 0.1) is 5.82 Å². The maximum atomic E-state index is 13.5. The van der Waals surface area contributed by atoms with Gasteiger partial charge in [-0.2, -0.15) is 0 Å². The SMILES string of the molecule is CNCc1ccc(COc2ccc(Br)cc2F)o1. The van der Waals surface area contributed by atoms with Crippen molar-refractivity contribution in [2.45, 2.75) is 13.2 Å². The molecule has 0 saturated carbocycles. The van der Waals surface area contributed by atoms with Crippen molar-refractivity contribution in [2.24, 2.45) is 0 Å². The summed E-state index contributed by atoms with van der Waals surface area (Å²) in [5.41, 5.74) is 0. The summed E-state index contributed by atoms with van der Waals surface area (Å²) in [5.74, 6) is 1.31. The minimum absolute atomic E-state index is 0.211. The van der Waals surface area contributed by atoms with Crippen molar-refractivity contribution in [2.75, 3.05) is 7.05 Å². The predicted molar refractivity (Wildman–Crippen MR) is 69.9 cm³/mol. The molecule has 0 atom stereocenters. The molecule has 0 amide bonds. The third-order valence-electron chi connectivity index (χ3n) is 2.33. The maximum absolute atomic E-state index is 13.5. The van der Waals surface area contributed by atoms with Crippen molar-refractivity contribution in [1.82, 2.24) is 5.32 Å². The Morgan fingerprint density at radius 2 is 2.06 bits per heavy atom. The Kier molecular flexibility index (Phi) is 4.38. The Morgan fingerprint density at radius 3 is 2.78 bits per heavy atom. The van der Waals surface area contributed by atoms with Crippen LogP contribution in [0.15, 0.2) is 39.2 Å². The van der Waals surface area contributed by atoms with Gasteiger partial charge in [0.1, 0.15) is 18.1 Å². The van der Waals surface area contributed by atoms with E-state index in [2.05, 4.69) is 21.2 Å². The molecule has 1 aromatic heterocycles. The van der Waals surface area contributed by atoms with E-state index in [4.69, 9.17) is 9.15 Å². The lowest BCUT2D eigenvalue weighted by Gasteiger charge is -2.05. The molecule has 2 rings (SSSR count). The molecule has 3 nitrogen and oxygen atoms in total. The van der Waals surface area contributed by atoms with Crippen LogP contribution in [-0.4, -0.2) is 7.05 Å². The van der Waals surface area contributed by atoms with E-state index in [1.54, 1.807) is 12.1 Å². The van der Waals surface area contributed by atoms with Crippen LogP contribution in [0.5, 0.6) is 5.75 Å². The number of furan rings is 1. The van der Waals surface area contributed by atoms with Crippen LogP contribution in [0.3, 0.4) is 0 Å². The van der Waals surface area contributed by atoms with Gasteiger partial charge in [-0.3, -0.25) is 0 Å². The van der Waals surface area contributed by atoms with E-state index in [0.29, 0.717) is 16.8 Å². The smallest absolute Gasteiger partial charge is 0.166 e. The molecule has 0 aliphatic heterocycles. The largest absolute Gasteiger partial charge is 0.483 e. The number of nitrogens with one attached hydrogen (secondary N) is 1. The molecule has 1 N–H and O–H groups in total. The molecular formula is C13H13BrFNO2. The molecule has 2 aromatic rings. The van der Waals surface area contributed by atoms with Crippen LogP contribution in [-0.2, 0) is 13.2 Å². The molecule has 5 heteroatoms. The topological polar surface area (TPSA) is 34.4 Å². The summed E-state index contributed by atoms with van der Waals surface area (Å²) >= 11 is 3.19. The molecule has 0 aliphatic rings. The first kappa shape index (κ1) is 13.1. The fraction of sp³-hybridized carbons (Fsp3) is 0.231. The number of halogens is 2. The third-order valence-corrected chi connectivity index (χ3v) is 2.83. The first-order chi connectivity index (χ1) is 8.69. The van der Waals surface area contributed by atoms with Gasteiger partial charge in [0.2, 0.25) is 0 Å². The van der Waals surface area contributed by atoms with Crippen LogP contribution < -0.4 is 10.1 Å². The summed E-state index contributed by atoms with van der Waals surface area (Å²) < 4.78 is 25.0. The summed E-state index contributed by atoms with van der Waals surface area (Å²) in [6, 6.07) is 8.37. The Labute approximate surface area is 113 Å². The average Bonchev–Trinajstić information content (AvgIpc) is 2.76. The zero-order valence-electron chi connectivity index (χ0n) is 9.87. The molecule has 0 fully saturated rings. The molecular weight excluding hydrogens is 301 g/mol. The van der Waals surface area contributed by atoms with E-state index < -0.39 is 5.82 Å². The van der Waals surface area contributed by atoms with Gasteiger partial charge in [0.15, 0.2) is 11.6 Å². The fourth-order valence-corrected chi connectivity index (χ4v) is 1.84. The summed E-state index contributed by atoms with van der Waals surface area (Å²) in [4.78, 5) is 0. The third kappa shape index (κ3) is 3.34. The lowest BCUT2D eigenvalue weighted by Crippen LogP contribution is -2.03. The van der Waals surface area contributed by atoms with Gasteiger partial charge in [0.25, 0.3) is 0 Å². The number of hydrogen-bond donors (Lipinski definition) is 1. The molecule has 0 radical (unpaired) electrons. The maximum Gasteiger partial charge on any atom is 0.166 e. The van der Waals surface area contributed by atoms with Crippen LogP contribution in [0.4, 0.5) is 4.39 Å². The zero-order chi connectivity index (χ0) is 13.0. The number of hydrogen-bond acceptors (Lipinski definition) is 3. The van der Waals surface area contributed by atoms with E-state index in [9.17, 15) is 4.39 Å². The lowest BCUT2D eigenvalue weighted by atomic mass is 10.3. The van der Waals surface area contributed by atoms with Crippen LogP contribution in [0.2, 0.25) is 0 Å². The number of benzene rings is 1. The fourth-order valence-electron chi connectivity index (χ4n) is 1.51. The number of ether oxygens (including phenoxy) is 1. The Morgan fingerprint density at radius 1 is 1.28 bits per heavy atom. The molecule has 1 aromatic carbocycles. The Bertz CT molecular complexity index is 527. The molecule has 0 aliphatic carbocycles. The quantitative estimate of drug-likeness (QED) is 0.917. The van der Waals surface area contributed by atoms with E-state index in [1.807, 2.05) is 19.2 Å². The summed E-state index contributed by atoms with van der Waals surface area (Å²) in [6.45, 7) is 0.870. The van der Waals surface area contributed by atoms with Gasteiger partial charge < -0.3 is 14.5 Å². The Balaban J connectivity index is 1.97. The summed E-state index contributed by atoms with van der Waals surface area (Å²) in [5, 5.41) is 2.99. The van der Waals surface area contributed by atoms with Crippen molar-refractivity contribution in [3.05, 3.63) is 52.1 Å². The molecule has 18 heavy (non-hydrogen) atoms. The van der Waals surface area contributed by atoms with E-state index in [1.165, 1.54) is 6.07 Å². The van der Waals surface area contributed by atoms with E-state index in [0.717, 1.165) is 5.76 Å². The standard InChI is InChI=1S/C13H13BrFNO2/c1-16-7-10-3-4-11(18-10)8-17-13-5-2-9(14)6-12(13)15/h2-6,16H,7-8H2,1H3. The number of rotatable bonds is 5. The molecule has 96 valence electrons. The van der Waals surface area contributed by atoms with Gasteiger partial charge in [-0.15, -0.1) is 0 Å². The van der Waals surface area contributed by atoms with Gasteiger partial charge in [-0.1, -0.05) is 15.9 Å². The van der Waals surface area contributed by atoms with Crippen molar-refractivity contribution in [3.8, 4) is 5.75 Å². The minimum Gasteiger partial charge on any atom is -0.483 e. The van der Waals surface area contributed by atoms with Crippen molar-refractivity contribution >= 4 is 15.9 Å². The Hall–Kier alpha value is -1.33. The molecule has 0 unspecified atom stereocenters. The highest BCUT2D eigenvalue weighted by Gasteiger charge is 2.06. The van der Waals surface area contributed by atoms with E-state index >= 15 is 0 Å². The second-order valence-electron chi connectivity index (χ2n) is 3.76. The highest BCUT2D eigenvalue weighted by atomic mass is 79.9. The summed E-state index contributed by atoms with van der Waals surface area (Å²) in [7, 11) is 1.84. The second-order valence-corrected chi connectivity index (χ2v) is 4.68. The highest BCUT2D eigenvalue weighted by Crippen LogP contribution is 2.22. The van der Waals surface area contributed by atoms with Gasteiger partial charge in [-0.25, -0.2) is 4.39 Å². The van der Waals surface area contributed by atoms with Crippen LogP contribution in [0.25, 0.3) is 0 Å². The van der Waals surface area contributed by atoms with Gasteiger partial charge in [-0.05, 0) is 37.4 Å².